The number of benzene rings is 1. The molecule has 0 spiro atoms. The van der Waals surface area contributed by atoms with E-state index in [2.05, 4.69) is 5.32 Å². The minimum Gasteiger partial charge on any atom is -0.495 e. The monoisotopic (exact) mass is 361 g/mol. The summed E-state index contributed by atoms with van der Waals surface area (Å²) >= 11 is 5.98. The molecule has 0 bridgehead atoms. The van der Waals surface area contributed by atoms with Gasteiger partial charge in [-0.2, -0.15) is 0 Å². The van der Waals surface area contributed by atoms with E-state index in [0.29, 0.717) is 5.75 Å². The first-order chi connectivity index (χ1) is 11.2. The third-order valence-electron chi connectivity index (χ3n) is 4.13. The van der Waals surface area contributed by atoms with Crippen LogP contribution in [0.1, 0.15) is 37.3 Å². The second-order valence-corrected chi connectivity index (χ2v) is 6.21. The highest BCUT2D eigenvalue weighted by atomic mass is 35.5. The van der Waals surface area contributed by atoms with Gasteiger partial charge >= 0.3 is 5.97 Å². The number of hydrogen-bond donors (Lipinski definition) is 2. The second kappa shape index (κ2) is 7.34. The van der Waals surface area contributed by atoms with Gasteiger partial charge in [0.2, 0.25) is 11.8 Å². The van der Waals surface area contributed by atoms with Gasteiger partial charge in [0.15, 0.2) is 6.04 Å². The van der Waals surface area contributed by atoms with E-state index in [4.69, 9.17) is 16.3 Å². The van der Waals surface area contributed by atoms with Gasteiger partial charge in [-0.15, -0.1) is 0 Å². The van der Waals surface area contributed by atoms with Crippen molar-refractivity contribution in [3.63, 3.8) is 0 Å². The molecule has 1 amide bonds. The summed E-state index contributed by atoms with van der Waals surface area (Å²) in [4.78, 5) is 23.7. The molecule has 8 heteroatoms. The van der Waals surface area contributed by atoms with Gasteiger partial charge in [0.05, 0.1) is 12.1 Å². The van der Waals surface area contributed by atoms with Crippen LogP contribution in [0.5, 0.6) is 5.75 Å². The van der Waals surface area contributed by atoms with Gasteiger partial charge in [-0.25, -0.2) is 13.6 Å². The number of aliphatic carboxylic acids is 1. The van der Waals surface area contributed by atoms with Gasteiger partial charge in [-0.1, -0.05) is 17.7 Å². The van der Waals surface area contributed by atoms with Crippen LogP contribution in [0.3, 0.4) is 0 Å². The van der Waals surface area contributed by atoms with Gasteiger partial charge < -0.3 is 15.2 Å². The zero-order chi connectivity index (χ0) is 17.9. The Balaban J connectivity index is 2.10. The fourth-order valence-corrected chi connectivity index (χ4v) is 2.98. The number of methoxy groups -OCH3 is 1. The van der Waals surface area contributed by atoms with Crippen LogP contribution in [-0.4, -0.2) is 30.0 Å². The Morgan fingerprint density at radius 2 is 2.00 bits per heavy atom. The minimum atomic E-state index is -2.74. The molecule has 2 rings (SSSR count). The van der Waals surface area contributed by atoms with Crippen molar-refractivity contribution in [3.8, 4) is 5.75 Å². The summed E-state index contributed by atoms with van der Waals surface area (Å²) in [5.74, 6) is -4.77. The molecule has 0 radical (unpaired) electrons. The quantitative estimate of drug-likeness (QED) is 0.842. The highest BCUT2D eigenvalue weighted by Gasteiger charge is 2.38. The zero-order valence-electron chi connectivity index (χ0n) is 13.0. The lowest BCUT2D eigenvalue weighted by molar-refractivity contribution is -0.143. The predicted molar refractivity (Wildman–Crippen MR) is 83.4 cm³/mol. The Morgan fingerprint density at radius 3 is 2.50 bits per heavy atom. The number of hydrogen-bond acceptors (Lipinski definition) is 3. The number of carbonyl (C=O) groups is 2. The van der Waals surface area contributed by atoms with Crippen LogP contribution in [0.15, 0.2) is 18.2 Å². The maximum absolute atomic E-state index is 13.2. The van der Waals surface area contributed by atoms with Gasteiger partial charge in [0.25, 0.3) is 0 Å². The minimum absolute atomic E-state index is 0.0363. The average molecular weight is 362 g/mol. The second-order valence-electron chi connectivity index (χ2n) is 5.80. The summed E-state index contributed by atoms with van der Waals surface area (Å²) in [6, 6.07) is 3.08. The Hall–Kier alpha value is -1.89. The van der Waals surface area contributed by atoms with E-state index < -0.39 is 29.8 Å². The van der Waals surface area contributed by atoms with Crippen LogP contribution < -0.4 is 10.1 Å². The third-order valence-corrected chi connectivity index (χ3v) is 4.43. The fourth-order valence-electron chi connectivity index (χ4n) is 2.71. The van der Waals surface area contributed by atoms with Gasteiger partial charge in [0.1, 0.15) is 5.75 Å². The van der Waals surface area contributed by atoms with Crippen LogP contribution in [0.25, 0.3) is 0 Å². The molecule has 1 aliphatic rings. The topological polar surface area (TPSA) is 75.6 Å². The molecule has 2 N–H and O–H groups in total. The molecule has 1 aliphatic carbocycles. The highest BCUT2D eigenvalue weighted by Crippen LogP contribution is 2.36. The van der Waals surface area contributed by atoms with Crippen LogP contribution in [0.2, 0.25) is 5.02 Å². The first-order valence-corrected chi connectivity index (χ1v) is 7.86. The molecular formula is C16H18ClF2NO4. The molecule has 5 nitrogen and oxygen atoms in total. The number of carbonyl (C=O) groups excluding carboxylic acids is 1. The normalized spacial score (nSPS) is 18.7. The molecule has 1 aromatic rings. The summed E-state index contributed by atoms with van der Waals surface area (Å²) in [6.45, 7) is 0. The number of alkyl halides is 2. The molecule has 0 aromatic heterocycles. The summed E-state index contributed by atoms with van der Waals surface area (Å²) in [5, 5.41) is 12.0. The molecule has 24 heavy (non-hydrogen) atoms. The molecule has 0 aliphatic heterocycles. The largest absolute Gasteiger partial charge is 0.495 e. The molecule has 1 aromatic carbocycles. The summed E-state index contributed by atoms with van der Waals surface area (Å²) < 4.78 is 31.3. The maximum atomic E-state index is 13.2. The highest BCUT2D eigenvalue weighted by molar-refractivity contribution is 6.32. The lowest BCUT2D eigenvalue weighted by atomic mass is 9.86. The number of amides is 1. The van der Waals surface area contributed by atoms with Crippen molar-refractivity contribution in [2.75, 3.05) is 7.11 Å². The van der Waals surface area contributed by atoms with Crippen molar-refractivity contribution >= 4 is 23.5 Å². The molecule has 132 valence electrons. The Labute approximate surface area is 142 Å². The number of carboxylic acid groups (broad SMARTS) is 1. The smallest absolute Gasteiger partial charge is 0.330 e. The van der Waals surface area contributed by atoms with Crippen molar-refractivity contribution in [2.24, 2.45) is 5.92 Å². The Morgan fingerprint density at radius 1 is 1.38 bits per heavy atom. The van der Waals surface area contributed by atoms with E-state index in [1.807, 2.05) is 0 Å². The summed E-state index contributed by atoms with van der Waals surface area (Å²) in [7, 11) is 1.43. The first kappa shape index (κ1) is 18.4. The number of carboxylic acids is 1. The Kier molecular flexibility index (Phi) is 5.64. The molecular weight excluding hydrogens is 344 g/mol. The summed E-state index contributed by atoms with van der Waals surface area (Å²) in [6.07, 6.45) is -0.655. The SMILES string of the molecule is COc1ccc(C(NC(=O)C2CCC(F)(F)CC2)C(=O)O)cc1Cl. The molecule has 1 unspecified atom stereocenters. The van der Waals surface area contributed by atoms with E-state index in [9.17, 15) is 23.5 Å². The van der Waals surface area contributed by atoms with Crippen LogP contribution in [0.4, 0.5) is 8.78 Å². The lowest BCUT2D eigenvalue weighted by Crippen LogP contribution is -2.40. The van der Waals surface area contributed by atoms with Gasteiger partial charge in [-0.3, -0.25) is 4.79 Å². The standard InChI is InChI=1S/C16H18ClF2NO4/c1-24-12-3-2-10(8-11(12)17)13(15(22)23)20-14(21)9-4-6-16(18,19)7-5-9/h2-3,8-9,13H,4-7H2,1H3,(H,20,21)(H,22,23). The molecule has 0 heterocycles. The first-order valence-electron chi connectivity index (χ1n) is 7.48. The van der Waals surface area contributed by atoms with Crippen LogP contribution >= 0.6 is 11.6 Å². The van der Waals surface area contributed by atoms with Crippen molar-refractivity contribution in [1.29, 1.82) is 0 Å². The Bertz CT molecular complexity index is 629. The predicted octanol–water partition coefficient (Wildman–Crippen LogP) is 3.42. The molecule has 1 atom stereocenters. The number of rotatable bonds is 5. The van der Waals surface area contributed by atoms with E-state index in [1.165, 1.54) is 25.3 Å². The van der Waals surface area contributed by atoms with E-state index in [1.54, 1.807) is 0 Å². The van der Waals surface area contributed by atoms with Crippen molar-refractivity contribution in [2.45, 2.75) is 37.6 Å². The van der Waals surface area contributed by atoms with Gasteiger partial charge in [-0.05, 0) is 30.5 Å². The van der Waals surface area contributed by atoms with E-state index in [-0.39, 0.29) is 36.3 Å². The van der Waals surface area contributed by atoms with E-state index in [0.717, 1.165) is 0 Å². The van der Waals surface area contributed by atoms with E-state index >= 15 is 0 Å². The third kappa shape index (κ3) is 4.35. The van der Waals surface area contributed by atoms with Crippen molar-refractivity contribution in [1.82, 2.24) is 5.32 Å². The molecule has 1 saturated carbocycles. The van der Waals surface area contributed by atoms with Crippen LogP contribution in [-0.2, 0) is 9.59 Å². The summed E-state index contributed by atoms with van der Waals surface area (Å²) in [5.41, 5.74) is 0.280. The van der Waals surface area contributed by atoms with Crippen molar-refractivity contribution in [3.05, 3.63) is 28.8 Å². The van der Waals surface area contributed by atoms with Gasteiger partial charge in [0, 0.05) is 18.8 Å². The number of nitrogens with one attached hydrogen (secondary N) is 1. The number of halogens is 3. The molecule has 0 saturated heterocycles. The fraction of sp³-hybridized carbons (Fsp3) is 0.500. The average Bonchev–Trinajstić information content (AvgIpc) is 2.52. The lowest BCUT2D eigenvalue weighted by Gasteiger charge is -2.28. The zero-order valence-corrected chi connectivity index (χ0v) is 13.8. The molecule has 1 fully saturated rings. The van der Waals surface area contributed by atoms with Crippen LogP contribution in [0, 0.1) is 5.92 Å². The maximum Gasteiger partial charge on any atom is 0.330 e. The van der Waals surface area contributed by atoms with Crippen molar-refractivity contribution < 1.29 is 28.2 Å². The number of ether oxygens (including phenoxy) is 1.